The molecule has 0 saturated carbocycles. The number of nitrogens with zero attached hydrogens (tertiary/aromatic N) is 1. The summed E-state index contributed by atoms with van der Waals surface area (Å²) in [5, 5.41) is 2.10. The van der Waals surface area contributed by atoms with Crippen LogP contribution in [-0.2, 0) is 19.4 Å². The molecule has 0 saturated heterocycles. The molecule has 0 fully saturated rings. The van der Waals surface area contributed by atoms with Crippen molar-refractivity contribution in [1.82, 2.24) is 0 Å². The third-order valence-corrected chi connectivity index (χ3v) is 6.50. The van der Waals surface area contributed by atoms with Crippen LogP contribution in [-0.4, -0.2) is 6.73 Å². The third kappa shape index (κ3) is 2.78. The van der Waals surface area contributed by atoms with Gasteiger partial charge >= 0.3 is 5.63 Å². The van der Waals surface area contributed by atoms with Gasteiger partial charge in [0, 0.05) is 34.3 Å². The van der Waals surface area contributed by atoms with Gasteiger partial charge in [-0.3, -0.25) is 0 Å². The first-order valence-electron chi connectivity index (χ1n) is 9.47. The second-order valence-electron chi connectivity index (χ2n) is 7.49. The Kier molecular flexibility index (Phi) is 4.29. The van der Waals surface area contributed by atoms with Gasteiger partial charge in [0.05, 0.1) is 10.0 Å². The Morgan fingerprint density at radius 3 is 2.61 bits per heavy atom. The molecule has 144 valence electrons. The molecule has 4 nitrogen and oxygen atoms in total. The van der Waals surface area contributed by atoms with Crippen molar-refractivity contribution in [3.8, 4) is 5.75 Å². The molecule has 5 rings (SSSR count). The molecule has 1 aliphatic carbocycles. The van der Waals surface area contributed by atoms with Crippen LogP contribution in [0.3, 0.4) is 0 Å². The molecule has 1 aromatic heterocycles. The number of halogens is 2. The van der Waals surface area contributed by atoms with Gasteiger partial charge in [-0.05, 0) is 62.4 Å². The Morgan fingerprint density at radius 2 is 1.82 bits per heavy atom. The summed E-state index contributed by atoms with van der Waals surface area (Å²) < 4.78 is 11.8. The zero-order chi connectivity index (χ0) is 19.4. The highest BCUT2D eigenvalue weighted by Crippen LogP contribution is 2.39. The van der Waals surface area contributed by atoms with Crippen LogP contribution in [0.25, 0.3) is 11.0 Å². The van der Waals surface area contributed by atoms with Crippen molar-refractivity contribution in [3.05, 3.63) is 67.0 Å². The smallest absolute Gasteiger partial charge is 0.339 e. The molecule has 2 aromatic carbocycles. The van der Waals surface area contributed by atoms with Crippen molar-refractivity contribution in [2.24, 2.45) is 0 Å². The van der Waals surface area contributed by atoms with Crippen LogP contribution in [0.4, 0.5) is 5.69 Å². The van der Waals surface area contributed by atoms with Crippen molar-refractivity contribution >= 4 is 39.9 Å². The van der Waals surface area contributed by atoms with E-state index in [0.717, 1.165) is 64.8 Å². The minimum absolute atomic E-state index is 0.196. The van der Waals surface area contributed by atoms with E-state index >= 15 is 0 Å². The molecule has 0 unspecified atom stereocenters. The van der Waals surface area contributed by atoms with Crippen molar-refractivity contribution in [2.75, 3.05) is 11.6 Å². The van der Waals surface area contributed by atoms with Crippen LogP contribution in [0.5, 0.6) is 5.75 Å². The van der Waals surface area contributed by atoms with Gasteiger partial charge in [0.25, 0.3) is 0 Å². The maximum absolute atomic E-state index is 12.5. The number of ether oxygens (including phenoxy) is 1. The Balaban J connectivity index is 1.63. The number of rotatable bonds is 1. The average molecular weight is 416 g/mol. The van der Waals surface area contributed by atoms with E-state index in [-0.39, 0.29) is 5.63 Å². The van der Waals surface area contributed by atoms with Gasteiger partial charge in [0.15, 0.2) is 6.73 Å². The highest BCUT2D eigenvalue weighted by atomic mass is 35.5. The van der Waals surface area contributed by atoms with Crippen LogP contribution >= 0.6 is 23.2 Å². The first-order chi connectivity index (χ1) is 13.5. The van der Waals surface area contributed by atoms with Gasteiger partial charge in [-0.25, -0.2) is 4.79 Å². The number of hydrogen-bond donors (Lipinski definition) is 0. The standard InChI is InChI=1S/C22H19Cl2NO3/c1-12-20-13(10-25(11-27-20)14-6-7-18(23)19(24)9-14)8-17-15-4-2-3-5-16(15)22(26)28-21(12)17/h6-9H,2-5,10-11H2,1H3. The molecule has 3 aromatic rings. The minimum atomic E-state index is -0.196. The van der Waals surface area contributed by atoms with Crippen molar-refractivity contribution in [1.29, 1.82) is 0 Å². The molecule has 28 heavy (non-hydrogen) atoms. The van der Waals surface area contributed by atoms with E-state index in [4.69, 9.17) is 32.4 Å². The van der Waals surface area contributed by atoms with E-state index in [2.05, 4.69) is 11.0 Å². The summed E-state index contributed by atoms with van der Waals surface area (Å²) in [5.74, 6) is 0.808. The first kappa shape index (κ1) is 17.9. The van der Waals surface area contributed by atoms with E-state index in [9.17, 15) is 4.79 Å². The maximum Gasteiger partial charge on any atom is 0.339 e. The second-order valence-corrected chi connectivity index (χ2v) is 8.30. The molecule has 0 spiro atoms. The molecule has 0 bridgehead atoms. The SMILES string of the molecule is Cc1c2c(cc3c4c(c(=O)oc13)CCCC4)CN(c1ccc(Cl)c(Cl)c1)CO2. The molecule has 0 radical (unpaired) electrons. The molecule has 0 N–H and O–H groups in total. The summed E-state index contributed by atoms with van der Waals surface area (Å²) in [6, 6.07) is 7.73. The quantitative estimate of drug-likeness (QED) is 0.482. The van der Waals surface area contributed by atoms with Crippen LogP contribution in [0, 0.1) is 6.92 Å². The topological polar surface area (TPSA) is 42.7 Å². The molecule has 1 aliphatic heterocycles. The van der Waals surface area contributed by atoms with Crippen LogP contribution in [0.2, 0.25) is 10.0 Å². The molecule has 2 aliphatic rings. The number of hydrogen-bond acceptors (Lipinski definition) is 4. The average Bonchev–Trinajstić information content (AvgIpc) is 2.71. The third-order valence-electron chi connectivity index (χ3n) is 5.76. The Bertz CT molecular complexity index is 1170. The molecular formula is C22H19Cl2NO3. The minimum Gasteiger partial charge on any atom is -0.472 e. The Labute approximate surface area is 172 Å². The van der Waals surface area contributed by atoms with Gasteiger partial charge in [0.2, 0.25) is 0 Å². The number of benzene rings is 2. The molecule has 0 amide bonds. The fraction of sp³-hybridized carbons (Fsp3) is 0.318. The normalized spacial score (nSPS) is 15.9. The van der Waals surface area contributed by atoms with Crippen LogP contribution in [0.15, 0.2) is 33.5 Å². The molecular weight excluding hydrogens is 397 g/mol. The van der Waals surface area contributed by atoms with E-state index in [1.165, 1.54) is 0 Å². The van der Waals surface area contributed by atoms with Gasteiger partial charge in [0.1, 0.15) is 11.3 Å². The summed E-state index contributed by atoms with van der Waals surface area (Å²) in [4.78, 5) is 14.6. The van der Waals surface area contributed by atoms with Crippen molar-refractivity contribution in [3.63, 3.8) is 0 Å². The maximum atomic E-state index is 12.5. The second kappa shape index (κ2) is 6.71. The molecule has 6 heteroatoms. The van der Waals surface area contributed by atoms with Gasteiger partial charge in [-0.1, -0.05) is 23.2 Å². The van der Waals surface area contributed by atoms with Gasteiger partial charge in [-0.15, -0.1) is 0 Å². The van der Waals surface area contributed by atoms with E-state index in [1.54, 1.807) is 6.07 Å². The van der Waals surface area contributed by atoms with E-state index < -0.39 is 0 Å². The highest BCUT2D eigenvalue weighted by Gasteiger charge is 2.26. The number of anilines is 1. The fourth-order valence-corrected chi connectivity index (χ4v) is 4.64. The zero-order valence-corrected chi connectivity index (χ0v) is 17.0. The molecule has 2 heterocycles. The summed E-state index contributed by atoms with van der Waals surface area (Å²) >= 11 is 12.2. The summed E-state index contributed by atoms with van der Waals surface area (Å²) in [6.45, 7) is 3.05. The van der Waals surface area contributed by atoms with Crippen LogP contribution in [0.1, 0.15) is 35.1 Å². The lowest BCUT2D eigenvalue weighted by molar-refractivity contribution is 0.287. The Hall–Kier alpha value is -2.17. The lowest BCUT2D eigenvalue weighted by Gasteiger charge is -2.32. The van der Waals surface area contributed by atoms with Crippen LogP contribution < -0.4 is 15.3 Å². The summed E-state index contributed by atoms with van der Waals surface area (Å²) in [6.07, 6.45) is 3.87. The van der Waals surface area contributed by atoms with Crippen molar-refractivity contribution in [2.45, 2.75) is 39.2 Å². The van der Waals surface area contributed by atoms with E-state index in [0.29, 0.717) is 28.9 Å². The lowest BCUT2D eigenvalue weighted by atomic mass is 9.89. The van der Waals surface area contributed by atoms with Crippen molar-refractivity contribution < 1.29 is 9.15 Å². The predicted octanol–water partition coefficient (Wildman–Crippen LogP) is 5.64. The monoisotopic (exact) mass is 415 g/mol. The Morgan fingerprint density at radius 1 is 1.04 bits per heavy atom. The summed E-state index contributed by atoms with van der Waals surface area (Å²) in [7, 11) is 0. The van der Waals surface area contributed by atoms with E-state index in [1.807, 2.05) is 19.1 Å². The van der Waals surface area contributed by atoms with Gasteiger partial charge < -0.3 is 14.1 Å². The highest BCUT2D eigenvalue weighted by molar-refractivity contribution is 6.42. The predicted molar refractivity (Wildman–Crippen MR) is 112 cm³/mol. The first-order valence-corrected chi connectivity index (χ1v) is 10.2. The largest absolute Gasteiger partial charge is 0.472 e. The number of aryl methyl sites for hydroxylation is 2. The zero-order valence-electron chi connectivity index (χ0n) is 15.5. The fourth-order valence-electron chi connectivity index (χ4n) is 4.35. The lowest BCUT2D eigenvalue weighted by Crippen LogP contribution is -2.32. The number of fused-ring (bicyclic) bond motifs is 4. The summed E-state index contributed by atoms with van der Waals surface area (Å²) in [5.41, 5.74) is 5.40. The molecule has 0 atom stereocenters. The van der Waals surface area contributed by atoms with Gasteiger partial charge in [-0.2, -0.15) is 0 Å².